The topological polar surface area (TPSA) is 62.7 Å². The zero-order valence-corrected chi connectivity index (χ0v) is 14.7. The molecule has 3 rings (SSSR count). The third kappa shape index (κ3) is 3.62. The van der Waals surface area contributed by atoms with Crippen LogP contribution in [0.2, 0.25) is 0 Å². The molecule has 0 aliphatic carbocycles. The molecule has 1 aromatic heterocycles. The molecule has 3 heterocycles. The summed E-state index contributed by atoms with van der Waals surface area (Å²) in [7, 11) is 0. The number of amides is 1. The second kappa shape index (κ2) is 6.81. The molecular formula is C19H28N2O3. The molecule has 0 bridgehead atoms. The summed E-state index contributed by atoms with van der Waals surface area (Å²) in [4.78, 5) is 18.6. The first-order valence-electron chi connectivity index (χ1n) is 8.98. The van der Waals surface area contributed by atoms with Crippen LogP contribution in [0.1, 0.15) is 51.6 Å². The first-order chi connectivity index (χ1) is 11.4. The lowest BCUT2D eigenvalue weighted by molar-refractivity contribution is -0.185. The third-order valence-electron chi connectivity index (χ3n) is 5.29. The van der Waals surface area contributed by atoms with Crippen molar-refractivity contribution in [3.63, 3.8) is 0 Å². The number of rotatable bonds is 3. The van der Waals surface area contributed by atoms with Crippen molar-refractivity contribution < 1.29 is 14.6 Å². The summed E-state index contributed by atoms with van der Waals surface area (Å²) in [5.41, 5.74) is -0.533. The van der Waals surface area contributed by atoms with Gasteiger partial charge < -0.3 is 14.7 Å². The summed E-state index contributed by atoms with van der Waals surface area (Å²) in [5.74, 6) is 0.615. The molecular weight excluding hydrogens is 304 g/mol. The van der Waals surface area contributed by atoms with Gasteiger partial charge in [0.25, 0.3) is 0 Å². The fraction of sp³-hybridized carbons (Fsp3) is 0.684. The van der Waals surface area contributed by atoms with E-state index < -0.39 is 5.60 Å². The molecule has 0 radical (unpaired) electrons. The van der Waals surface area contributed by atoms with Crippen LogP contribution >= 0.6 is 0 Å². The van der Waals surface area contributed by atoms with Gasteiger partial charge in [-0.25, -0.2) is 0 Å². The highest BCUT2D eigenvalue weighted by molar-refractivity contribution is 5.76. The monoisotopic (exact) mass is 332 g/mol. The molecule has 5 heteroatoms. The van der Waals surface area contributed by atoms with E-state index in [1.807, 2.05) is 23.1 Å². The normalized spacial score (nSPS) is 26.8. The number of aromatic nitrogens is 1. The van der Waals surface area contributed by atoms with Crippen molar-refractivity contribution in [1.82, 2.24) is 9.88 Å². The van der Waals surface area contributed by atoms with Crippen molar-refractivity contribution in [3.8, 4) is 0 Å². The average molecular weight is 332 g/mol. The van der Waals surface area contributed by atoms with Gasteiger partial charge in [0.05, 0.1) is 17.9 Å². The Bertz CT molecular complexity index is 567. The predicted octanol–water partition coefficient (Wildman–Crippen LogP) is 2.49. The van der Waals surface area contributed by atoms with Gasteiger partial charge >= 0.3 is 0 Å². The predicted molar refractivity (Wildman–Crippen MR) is 91.3 cm³/mol. The molecule has 1 aromatic rings. The van der Waals surface area contributed by atoms with E-state index in [1.165, 1.54) is 0 Å². The molecule has 24 heavy (non-hydrogen) atoms. The quantitative estimate of drug-likeness (QED) is 0.924. The number of hydrogen-bond acceptors (Lipinski definition) is 4. The summed E-state index contributed by atoms with van der Waals surface area (Å²) in [6.45, 7) is 6.10. The summed E-state index contributed by atoms with van der Waals surface area (Å²) in [6, 6.07) is 5.66. The van der Waals surface area contributed by atoms with Crippen LogP contribution < -0.4 is 0 Å². The first-order valence-corrected chi connectivity index (χ1v) is 8.98. The van der Waals surface area contributed by atoms with Crippen molar-refractivity contribution in [3.05, 3.63) is 30.1 Å². The van der Waals surface area contributed by atoms with Crippen LogP contribution in [0.5, 0.6) is 0 Å². The van der Waals surface area contributed by atoms with E-state index >= 15 is 0 Å². The zero-order valence-electron chi connectivity index (χ0n) is 14.7. The highest BCUT2D eigenvalue weighted by Gasteiger charge is 2.48. The Hall–Kier alpha value is -1.46. The fourth-order valence-electron chi connectivity index (χ4n) is 3.93. The highest BCUT2D eigenvalue weighted by Crippen LogP contribution is 2.43. The summed E-state index contributed by atoms with van der Waals surface area (Å²) in [6.07, 6.45) is 5.03. The number of nitrogens with zero attached hydrogens (tertiary/aromatic N) is 2. The van der Waals surface area contributed by atoms with Crippen molar-refractivity contribution >= 4 is 5.91 Å². The Labute approximate surface area is 144 Å². The number of carbonyl (C=O) groups is 1. The summed E-state index contributed by atoms with van der Waals surface area (Å²) < 4.78 is 6.11. The number of carbonyl (C=O) groups excluding carboxylic acids is 1. The summed E-state index contributed by atoms with van der Waals surface area (Å²) >= 11 is 0. The van der Waals surface area contributed by atoms with Gasteiger partial charge in [-0.2, -0.15) is 0 Å². The van der Waals surface area contributed by atoms with Crippen LogP contribution in [0, 0.1) is 5.92 Å². The zero-order chi connectivity index (χ0) is 17.2. The minimum absolute atomic E-state index is 0.232. The molecule has 5 nitrogen and oxygen atoms in total. The smallest absolute Gasteiger partial charge is 0.222 e. The van der Waals surface area contributed by atoms with Crippen LogP contribution in [0.25, 0.3) is 0 Å². The standard InChI is InChI=1S/C19H28N2O3/c1-15(2)13-17(22)21-10-6-18(7-11-21)14-19(23,8-12-24-18)16-5-3-4-9-20-16/h3-5,9,15,23H,6-8,10-14H2,1-2H3. The lowest BCUT2D eigenvalue weighted by Gasteiger charge is -2.49. The molecule has 2 aliphatic rings. The van der Waals surface area contributed by atoms with Gasteiger partial charge in [-0.05, 0) is 30.9 Å². The molecule has 1 N–H and O–H groups in total. The number of aliphatic hydroxyl groups is 1. The second-order valence-electron chi connectivity index (χ2n) is 7.68. The van der Waals surface area contributed by atoms with E-state index in [-0.39, 0.29) is 11.5 Å². The Morgan fingerprint density at radius 2 is 2.08 bits per heavy atom. The van der Waals surface area contributed by atoms with E-state index in [0.717, 1.165) is 18.5 Å². The van der Waals surface area contributed by atoms with E-state index in [1.54, 1.807) is 6.20 Å². The maximum Gasteiger partial charge on any atom is 0.222 e. The number of likely N-dealkylation sites (tertiary alicyclic amines) is 1. The van der Waals surface area contributed by atoms with Gasteiger partial charge in [-0.15, -0.1) is 0 Å². The van der Waals surface area contributed by atoms with Gasteiger partial charge in [0, 0.05) is 38.5 Å². The lowest BCUT2D eigenvalue weighted by Crippen LogP contribution is -2.54. The van der Waals surface area contributed by atoms with Crippen LogP contribution in [-0.2, 0) is 15.1 Å². The van der Waals surface area contributed by atoms with E-state index in [4.69, 9.17) is 4.74 Å². The molecule has 2 aliphatic heterocycles. The maximum atomic E-state index is 12.3. The van der Waals surface area contributed by atoms with Crippen LogP contribution in [0.15, 0.2) is 24.4 Å². The van der Waals surface area contributed by atoms with Gasteiger partial charge in [0.2, 0.25) is 5.91 Å². The Morgan fingerprint density at radius 3 is 2.71 bits per heavy atom. The van der Waals surface area contributed by atoms with Crippen LogP contribution in [-0.4, -0.2) is 46.2 Å². The number of ether oxygens (including phenoxy) is 1. The number of pyridine rings is 1. The van der Waals surface area contributed by atoms with Crippen LogP contribution in [0.3, 0.4) is 0 Å². The van der Waals surface area contributed by atoms with E-state index in [2.05, 4.69) is 18.8 Å². The van der Waals surface area contributed by atoms with E-state index in [9.17, 15) is 9.90 Å². The molecule has 1 amide bonds. The SMILES string of the molecule is CC(C)CC(=O)N1CCC2(CC1)CC(O)(c1ccccn1)CCO2. The Morgan fingerprint density at radius 1 is 1.33 bits per heavy atom. The molecule has 0 aromatic carbocycles. The number of piperidine rings is 1. The van der Waals surface area contributed by atoms with E-state index in [0.29, 0.717) is 44.9 Å². The Kier molecular flexibility index (Phi) is 4.92. The number of hydrogen-bond donors (Lipinski definition) is 1. The molecule has 132 valence electrons. The van der Waals surface area contributed by atoms with Gasteiger partial charge in [0.1, 0.15) is 5.60 Å². The highest BCUT2D eigenvalue weighted by atomic mass is 16.5. The average Bonchev–Trinajstić information content (AvgIpc) is 2.55. The maximum absolute atomic E-state index is 12.3. The van der Waals surface area contributed by atoms with Crippen molar-refractivity contribution in [2.75, 3.05) is 19.7 Å². The third-order valence-corrected chi connectivity index (χ3v) is 5.29. The Balaban J connectivity index is 1.66. The minimum Gasteiger partial charge on any atom is -0.383 e. The summed E-state index contributed by atoms with van der Waals surface area (Å²) in [5, 5.41) is 11.1. The van der Waals surface area contributed by atoms with Crippen LogP contribution in [0.4, 0.5) is 0 Å². The molecule has 1 unspecified atom stereocenters. The largest absolute Gasteiger partial charge is 0.383 e. The van der Waals surface area contributed by atoms with Gasteiger partial charge in [0.15, 0.2) is 0 Å². The lowest BCUT2D eigenvalue weighted by atomic mass is 9.75. The molecule has 1 atom stereocenters. The van der Waals surface area contributed by atoms with Gasteiger partial charge in [-0.3, -0.25) is 9.78 Å². The van der Waals surface area contributed by atoms with Gasteiger partial charge in [-0.1, -0.05) is 19.9 Å². The molecule has 0 saturated carbocycles. The van der Waals surface area contributed by atoms with Crippen molar-refractivity contribution in [2.45, 2.75) is 57.2 Å². The van der Waals surface area contributed by atoms with Crippen molar-refractivity contribution in [1.29, 1.82) is 0 Å². The molecule has 2 fully saturated rings. The second-order valence-corrected chi connectivity index (χ2v) is 7.68. The molecule has 2 saturated heterocycles. The van der Waals surface area contributed by atoms with Crippen molar-refractivity contribution in [2.24, 2.45) is 5.92 Å². The fourth-order valence-corrected chi connectivity index (χ4v) is 3.93. The minimum atomic E-state index is -0.927. The first kappa shape index (κ1) is 17.4. The molecule has 1 spiro atoms.